The first-order valence-corrected chi connectivity index (χ1v) is 5.63. The molecular weight excluding hydrogens is 206 g/mol. The molecule has 2 nitrogen and oxygen atoms in total. The summed E-state index contributed by atoms with van der Waals surface area (Å²) in [4.78, 5) is 15.2. The topological polar surface area (TPSA) is 32.9 Å². The molecule has 0 radical (unpaired) electrons. The second-order valence-corrected chi connectivity index (χ2v) is 4.57. The van der Waals surface area contributed by atoms with E-state index >= 15 is 0 Å². The van der Waals surface area contributed by atoms with Crippen molar-refractivity contribution in [3.05, 3.63) is 45.6 Å². The van der Waals surface area contributed by atoms with Crippen LogP contribution in [-0.2, 0) is 0 Å². The molecule has 0 aliphatic carbocycles. The van der Waals surface area contributed by atoms with E-state index in [0.29, 0.717) is 0 Å². The summed E-state index contributed by atoms with van der Waals surface area (Å²) < 4.78 is 1.17. The molecule has 3 rings (SSSR count). The maximum absolute atomic E-state index is 12.0. The molecule has 3 heteroatoms. The summed E-state index contributed by atoms with van der Waals surface area (Å²) in [5.41, 5.74) is 1.81. The monoisotopic (exact) mass is 215 g/mol. The molecule has 0 saturated heterocycles. The lowest BCUT2D eigenvalue weighted by Gasteiger charge is -2.00. The molecule has 0 aliphatic rings. The number of pyridine rings is 1. The van der Waals surface area contributed by atoms with Crippen LogP contribution in [0.3, 0.4) is 0 Å². The van der Waals surface area contributed by atoms with Crippen molar-refractivity contribution in [3.63, 3.8) is 0 Å². The molecule has 74 valence electrons. The van der Waals surface area contributed by atoms with Crippen LogP contribution < -0.4 is 5.43 Å². The Morgan fingerprint density at radius 3 is 3.00 bits per heavy atom. The van der Waals surface area contributed by atoms with Crippen molar-refractivity contribution in [3.8, 4) is 0 Å². The second kappa shape index (κ2) is 2.94. The van der Waals surface area contributed by atoms with Gasteiger partial charge in [-0.1, -0.05) is 0 Å². The van der Waals surface area contributed by atoms with Crippen molar-refractivity contribution in [1.29, 1.82) is 0 Å². The zero-order chi connectivity index (χ0) is 10.4. The van der Waals surface area contributed by atoms with E-state index in [1.54, 1.807) is 17.5 Å². The van der Waals surface area contributed by atoms with Crippen LogP contribution in [0.4, 0.5) is 0 Å². The van der Waals surface area contributed by atoms with Gasteiger partial charge in [0.1, 0.15) is 0 Å². The molecule has 2 heterocycles. The van der Waals surface area contributed by atoms with E-state index in [1.807, 2.05) is 30.5 Å². The highest BCUT2D eigenvalue weighted by Crippen LogP contribution is 2.26. The standard InChI is InChI=1S/C12H9NOS/c1-7-6-13-9-2-3-10-8(4-5-15-10)11(9)12(7)14/h2-6H,1H3,(H,13,14). The number of benzene rings is 1. The maximum atomic E-state index is 12.0. The van der Waals surface area contributed by atoms with Gasteiger partial charge in [-0.3, -0.25) is 4.79 Å². The van der Waals surface area contributed by atoms with E-state index in [4.69, 9.17) is 0 Å². The minimum absolute atomic E-state index is 0.132. The highest BCUT2D eigenvalue weighted by molar-refractivity contribution is 7.17. The number of nitrogens with one attached hydrogen (secondary N) is 1. The number of aryl methyl sites for hydroxylation is 1. The predicted molar refractivity (Wildman–Crippen MR) is 64.7 cm³/mol. The maximum Gasteiger partial charge on any atom is 0.192 e. The fraction of sp³-hybridized carbons (Fsp3) is 0.0833. The summed E-state index contributed by atoms with van der Waals surface area (Å²) in [6.45, 7) is 1.84. The number of thiophene rings is 1. The van der Waals surface area contributed by atoms with E-state index in [1.165, 1.54) is 4.70 Å². The van der Waals surface area contributed by atoms with Gasteiger partial charge in [0.25, 0.3) is 0 Å². The van der Waals surface area contributed by atoms with Crippen molar-refractivity contribution < 1.29 is 0 Å². The zero-order valence-corrected chi connectivity index (χ0v) is 9.02. The molecule has 0 aliphatic heterocycles. The Balaban J connectivity index is 2.71. The highest BCUT2D eigenvalue weighted by Gasteiger charge is 2.06. The van der Waals surface area contributed by atoms with Crippen LogP contribution in [0.15, 0.2) is 34.6 Å². The number of hydrogen-bond donors (Lipinski definition) is 1. The van der Waals surface area contributed by atoms with Crippen LogP contribution in [0, 0.1) is 6.92 Å². The fourth-order valence-corrected chi connectivity index (χ4v) is 2.65. The van der Waals surface area contributed by atoms with Crippen molar-refractivity contribution in [2.24, 2.45) is 0 Å². The summed E-state index contributed by atoms with van der Waals surface area (Å²) in [7, 11) is 0. The van der Waals surface area contributed by atoms with Gasteiger partial charge in [0.05, 0.1) is 5.39 Å². The van der Waals surface area contributed by atoms with Crippen molar-refractivity contribution in [2.45, 2.75) is 6.92 Å². The third-order valence-corrected chi connectivity index (χ3v) is 3.55. The molecule has 1 aromatic carbocycles. The van der Waals surface area contributed by atoms with Crippen LogP contribution in [-0.4, -0.2) is 4.98 Å². The number of aromatic nitrogens is 1. The summed E-state index contributed by atoms with van der Waals surface area (Å²) in [5, 5.41) is 3.89. The number of H-pyrrole nitrogens is 1. The molecule has 0 unspecified atom stereocenters. The smallest absolute Gasteiger partial charge is 0.192 e. The molecule has 0 atom stereocenters. The molecule has 0 spiro atoms. The zero-order valence-electron chi connectivity index (χ0n) is 8.20. The quantitative estimate of drug-likeness (QED) is 0.614. The molecule has 2 aromatic heterocycles. The van der Waals surface area contributed by atoms with Gasteiger partial charge < -0.3 is 4.98 Å². The summed E-state index contributed by atoms with van der Waals surface area (Å²) >= 11 is 1.66. The average Bonchev–Trinajstić information content (AvgIpc) is 2.70. The summed E-state index contributed by atoms with van der Waals surface area (Å²) in [5.74, 6) is 0. The van der Waals surface area contributed by atoms with Crippen LogP contribution in [0.5, 0.6) is 0 Å². The molecule has 0 bridgehead atoms. The van der Waals surface area contributed by atoms with Crippen LogP contribution in [0.1, 0.15) is 5.56 Å². The molecule has 0 amide bonds. The normalized spacial score (nSPS) is 11.3. The molecule has 0 saturated carbocycles. The first-order chi connectivity index (χ1) is 7.27. The van der Waals surface area contributed by atoms with Gasteiger partial charge in [0.15, 0.2) is 5.43 Å². The number of rotatable bonds is 0. The Bertz CT molecular complexity index is 708. The molecule has 3 aromatic rings. The van der Waals surface area contributed by atoms with Crippen LogP contribution >= 0.6 is 11.3 Å². The van der Waals surface area contributed by atoms with Gasteiger partial charge in [-0.2, -0.15) is 0 Å². The minimum atomic E-state index is 0.132. The van der Waals surface area contributed by atoms with Gasteiger partial charge in [0.2, 0.25) is 0 Å². The van der Waals surface area contributed by atoms with Crippen molar-refractivity contribution >= 4 is 32.3 Å². The first kappa shape index (κ1) is 8.68. The Labute approximate surface area is 90.2 Å². The van der Waals surface area contributed by atoms with Gasteiger partial charge in [-0.05, 0) is 30.5 Å². The van der Waals surface area contributed by atoms with E-state index in [0.717, 1.165) is 21.9 Å². The molecular formula is C12H9NOS. The first-order valence-electron chi connectivity index (χ1n) is 4.75. The van der Waals surface area contributed by atoms with Gasteiger partial charge in [-0.15, -0.1) is 11.3 Å². The number of hydrogen-bond acceptors (Lipinski definition) is 2. The van der Waals surface area contributed by atoms with E-state index in [2.05, 4.69) is 4.98 Å². The summed E-state index contributed by atoms with van der Waals surface area (Å²) in [6.07, 6.45) is 1.77. The Morgan fingerprint density at radius 2 is 2.13 bits per heavy atom. The van der Waals surface area contributed by atoms with Gasteiger partial charge >= 0.3 is 0 Å². The SMILES string of the molecule is Cc1c[nH]c2ccc3sccc3c2c1=O. The van der Waals surface area contributed by atoms with E-state index in [9.17, 15) is 4.79 Å². The number of fused-ring (bicyclic) bond motifs is 3. The third kappa shape index (κ3) is 1.13. The Hall–Kier alpha value is -1.61. The highest BCUT2D eigenvalue weighted by atomic mass is 32.1. The lowest BCUT2D eigenvalue weighted by molar-refractivity contribution is 1.31. The molecule has 1 N–H and O–H groups in total. The predicted octanol–water partition coefficient (Wildman–Crippen LogP) is 3.05. The van der Waals surface area contributed by atoms with Crippen LogP contribution in [0.25, 0.3) is 21.0 Å². The van der Waals surface area contributed by atoms with Gasteiger partial charge in [-0.25, -0.2) is 0 Å². The minimum Gasteiger partial charge on any atom is -0.361 e. The number of aromatic amines is 1. The Morgan fingerprint density at radius 1 is 1.27 bits per heavy atom. The van der Waals surface area contributed by atoms with Gasteiger partial charge in [0, 0.05) is 27.4 Å². The molecule has 15 heavy (non-hydrogen) atoms. The Kier molecular flexibility index (Phi) is 1.70. The lowest BCUT2D eigenvalue weighted by atomic mass is 10.1. The average molecular weight is 215 g/mol. The molecule has 0 fully saturated rings. The summed E-state index contributed by atoms with van der Waals surface area (Å²) in [6, 6.07) is 6.03. The third-order valence-electron chi connectivity index (χ3n) is 2.66. The lowest BCUT2D eigenvalue weighted by Crippen LogP contribution is -2.06. The van der Waals surface area contributed by atoms with Crippen molar-refractivity contribution in [1.82, 2.24) is 4.98 Å². The second-order valence-electron chi connectivity index (χ2n) is 3.62. The van der Waals surface area contributed by atoms with E-state index in [-0.39, 0.29) is 5.43 Å². The fourth-order valence-electron chi connectivity index (χ4n) is 1.86. The van der Waals surface area contributed by atoms with E-state index < -0.39 is 0 Å². The van der Waals surface area contributed by atoms with Crippen molar-refractivity contribution in [2.75, 3.05) is 0 Å². The van der Waals surface area contributed by atoms with Crippen LogP contribution in [0.2, 0.25) is 0 Å². The largest absolute Gasteiger partial charge is 0.361 e.